The van der Waals surface area contributed by atoms with Gasteiger partial charge in [-0.15, -0.1) is 11.3 Å². The fourth-order valence-electron chi connectivity index (χ4n) is 1.76. The fourth-order valence-corrected chi connectivity index (χ4v) is 2.46. The Morgan fingerprint density at radius 2 is 2.50 bits per heavy atom. The molecule has 1 atom stereocenters. The quantitative estimate of drug-likeness (QED) is 0.599. The van der Waals surface area contributed by atoms with Gasteiger partial charge in [0.15, 0.2) is 0 Å². The first-order chi connectivity index (χ1) is 7.77. The molecule has 1 aromatic rings. The van der Waals surface area contributed by atoms with Gasteiger partial charge in [-0.25, -0.2) is 9.78 Å². The van der Waals surface area contributed by atoms with Crippen LogP contribution in [0.15, 0.2) is 17.7 Å². The molecular weight excluding hydrogens is 222 g/mol. The maximum atomic E-state index is 11.7. The standard InChI is InChI=1S/C12H15NO2S/c1-9-11(16-8-13-9)12(14)15-7-10-5-3-2-4-6-10/h2-3,8,10H,4-7H2,1H3. The van der Waals surface area contributed by atoms with Crippen molar-refractivity contribution >= 4 is 17.3 Å². The molecular formula is C12H15NO2S. The molecule has 0 radical (unpaired) electrons. The second-order valence-electron chi connectivity index (χ2n) is 4.02. The number of allylic oxidation sites excluding steroid dienone is 2. The molecule has 0 bridgehead atoms. The summed E-state index contributed by atoms with van der Waals surface area (Å²) in [6, 6.07) is 0. The van der Waals surface area contributed by atoms with Crippen molar-refractivity contribution in [3.63, 3.8) is 0 Å². The molecule has 1 aromatic heterocycles. The lowest BCUT2D eigenvalue weighted by molar-refractivity contribution is 0.0437. The molecule has 1 aliphatic rings. The van der Waals surface area contributed by atoms with E-state index >= 15 is 0 Å². The van der Waals surface area contributed by atoms with Crippen LogP contribution in [0.1, 0.15) is 34.6 Å². The van der Waals surface area contributed by atoms with Crippen molar-refractivity contribution in [2.45, 2.75) is 26.2 Å². The van der Waals surface area contributed by atoms with Gasteiger partial charge in [0.2, 0.25) is 0 Å². The van der Waals surface area contributed by atoms with E-state index in [1.807, 2.05) is 6.92 Å². The van der Waals surface area contributed by atoms with E-state index in [1.54, 1.807) is 5.51 Å². The summed E-state index contributed by atoms with van der Waals surface area (Å²) in [6.07, 6.45) is 7.59. The molecule has 1 aliphatic carbocycles. The van der Waals surface area contributed by atoms with Crippen LogP contribution in [-0.4, -0.2) is 17.6 Å². The minimum absolute atomic E-state index is 0.227. The highest BCUT2D eigenvalue weighted by Crippen LogP contribution is 2.20. The van der Waals surface area contributed by atoms with Crippen molar-refractivity contribution in [2.24, 2.45) is 5.92 Å². The molecule has 0 saturated carbocycles. The first-order valence-electron chi connectivity index (χ1n) is 5.49. The molecule has 0 aromatic carbocycles. The second kappa shape index (κ2) is 5.25. The molecule has 0 N–H and O–H groups in total. The van der Waals surface area contributed by atoms with Gasteiger partial charge in [-0.05, 0) is 32.1 Å². The largest absolute Gasteiger partial charge is 0.461 e. The molecule has 4 heteroatoms. The fraction of sp³-hybridized carbons (Fsp3) is 0.500. The van der Waals surface area contributed by atoms with Gasteiger partial charge < -0.3 is 4.74 Å². The van der Waals surface area contributed by atoms with Crippen molar-refractivity contribution in [3.05, 3.63) is 28.2 Å². The van der Waals surface area contributed by atoms with Gasteiger partial charge in [-0.3, -0.25) is 0 Å². The van der Waals surface area contributed by atoms with Crippen molar-refractivity contribution in [3.8, 4) is 0 Å². The molecule has 0 saturated heterocycles. The molecule has 0 spiro atoms. The van der Waals surface area contributed by atoms with Crippen molar-refractivity contribution in [2.75, 3.05) is 6.61 Å². The van der Waals surface area contributed by atoms with E-state index in [9.17, 15) is 4.79 Å². The molecule has 0 fully saturated rings. The van der Waals surface area contributed by atoms with Crippen LogP contribution in [0.25, 0.3) is 0 Å². The lowest BCUT2D eigenvalue weighted by Crippen LogP contribution is -2.15. The van der Waals surface area contributed by atoms with E-state index in [0.29, 0.717) is 17.4 Å². The highest BCUT2D eigenvalue weighted by atomic mass is 32.1. The van der Waals surface area contributed by atoms with E-state index < -0.39 is 0 Å². The molecule has 0 aliphatic heterocycles. The van der Waals surface area contributed by atoms with Gasteiger partial charge in [0, 0.05) is 0 Å². The molecule has 0 amide bonds. The van der Waals surface area contributed by atoms with Crippen LogP contribution < -0.4 is 0 Å². The Bertz CT molecular complexity index is 397. The van der Waals surface area contributed by atoms with Crippen molar-refractivity contribution < 1.29 is 9.53 Å². The highest BCUT2D eigenvalue weighted by Gasteiger charge is 2.16. The maximum Gasteiger partial charge on any atom is 0.350 e. The monoisotopic (exact) mass is 237 g/mol. The number of esters is 1. The zero-order valence-electron chi connectivity index (χ0n) is 9.31. The average molecular weight is 237 g/mol. The number of thiazole rings is 1. The SMILES string of the molecule is Cc1ncsc1C(=O)OCC1CC=CCC1. The second-order valence-corrected chi connectivity index (χ2v) is 4.87. The summed E-state index contributed by atoms with van der Waals surface area (Å²) >= 11 is 1.34. The summed E-state index contributed by atoms with van der Waals surface area (Å²) in [6.45, 7) is 2.36. The zero-order valence-corrected chi connectivity index (χ0v) is 10.1. The van der Waals surface area contributed by atoms with Crippen LogP contribution in [-0.2, 0) is 4.74 Å². The highest BCUT2D eigenvalue weighted by molar-refractivity contribution is 7.11. The number of rotatable bonds is 3. The van der Waals surface area contributed by atoms with E-state index in [-0.39, 0.29) is 5.97 Å². The number of aromatic nitrogens is 1. The molecule has 3 nitrogen and oxygen atoms in total. The lowest BCUT2D eigenvalue weighted by atomic mass is 9.95. The topological polar surface area (TPSA) is 39.2 Å². The van der Waals surface area contributed by atoms with Gasteiger partial charge in [0.25, 0.3) is 0 Å². The summed E-state index contributed by atoms with van der Waals surface area (Å²) < 4.78 is 5.30. The lowest BCUT2D eigenvalue weighted by Gasteiger charge is -2.17. The van der Waals surface area contributed by atoms with E-state index in [0.717, 1.165) is 25.0 Å². The minimum atomic E-state index is -0.227. The van der Waals surface area contributed by atoms with Crippen LogP contribution >= 0.6 is 11.3 Å². The number of ether oxygens (including phenoxy) is 1. The predicted molar refractivity (Wildman–Crippen MR) is 63.6 cm³/mol. The smallest absolute Gasteiger partial charge is 0.350 e. The number of carbonyl (C=O) groups is 1. The van der Waals surface area contributed by atoms with E-state index in [1.165, 1.54) is 11.3 Å². The number of nitrogens with zero attached hydrogens (tertiary/aromatic N) is 1. The third-order valence-corrected chi connectivity index (χ3v) is 3.67. The molecule has 1 heterocycles. The Morgan fingerprint density at radius 3 is 3.12 bits per heavy atom. The summed E-state index contributed by atoms with van der Waals surface area (Å²) in [7, 11) is 0. The normalized spacial score (nSPS) is 19.7. The maximum absolute atomic E-state index is 11.7. The third-order valence-electron chi connectivity index (χ3n) is 2.76. The Morgan fingerprint density at radius 1 is 1.62 bits per heavy atom. The summed E-state index contributed by atoms with van der Waals surface area (Å²) in [5, 5.41) is 0. The third kappa shape index (κ3) is 2.70. The van der Waals surface area contributed by atoms with Gasteiger partial charge in [0.05, 0.1) is 17.8 Å². The first kappa shape index (κ1) is 11.3. The Balaban J connectivity index is 1.84. The predicted octanol–water partition coefficient (Wildman–Crippen LogP) is 2.96. The van der Waals surface area contributed by atoms with Crippen molar-refractivity contribution in [1.29, 1.82) is 0 Å². The van der Waals surface area contributed by atoms with Crippen LogP contribution in [0, 0.1) is 12.8 Å². The van der Waals surface area contributed by atoms with Crippen molar-refractivity contribution in [1.82, 2.24) is 4.98 Å². The first-order valence-corrected chi connectivity index (χ1v) is 6.37. The Hall–Kier alpha value is -1.16. The summed E-state index contributed by atoms with van der Waals surface area (Å²) in [4.78, 5) is 16.4. The minimum Gasteiger partial charge on any atom is -0.461 e. The number of hydrogen-bond acceptors (Lipinski definition) is 4. The van der Waals surface area contributed by atoms with Gasteiger partial charge in [-0.2, -0.15) is 0 Å². The van der Waals surface area contributed by atoms with E-state index in [4.69, 9.17) is 4.74 Å². The van der Waals surface area contributed by atoms with Crippen LogP contribution in [0.4, 0.5) is 0 Å². The molecule has 2 rings (SSSR count). The Labute approximate surface area is 99.2 Å². The number of carbonyl (C=O) groups excluding carboxylic acids is 1. The summed E-state index contributed by atoms with van der Waals surface area (Å²) in [5.74, 6) is 0.261. The van der Waals surface area contributed by atoms with Crippen LogP contribution in [0.2, 0.25) is 0 Å². The zero-order chi connectivity index (χ0) is 11.4. The number of aryl methyl sites for hydroxylation is 1. The molecule has 16 heavy (non-hydrogen) atoms. The van der Waals surface area contributed by atoms with Gasteiger partial charge >= 0.3 is 5.97 Å². The summed E-state index contributed by atoms with van der Waals surface area (Å²) in [5.41, 5.74) is 2.44. The van der Waals surface area contributed by atoms with Crippen LogP contribution in [0.3, 0.4) is 0 Å². The Kier molecular flexibility index (Phi) is 3.72. The van der Waals surface area contributed by atoms with Crippen LogP contribution in [0.5, 0.6) is 0 Å². The molecule has 1 unspecified atom stereocenters. The average Bonchev–Trinajstić information content (AvgIpc) is 2.74. The molecule has 86 valence electrons. The van der Waals surface area contributed by atoms with Gasteiger partial charge in [-0.1, -0.05) is 12.2 Å². The van der Waals surface area contributed by atoms with E-state index in [2.05, 4.69) is 17.1 Å². The number of hydrogen-bond donors (Lipinski definition) is 0. The van der Waals surface area contributed by atoms with Gasteiger partial charge in [0.1, 0.15) is 4.88 Å².